The minimum absolute atomic E-state index is 0.369. The van der Waals surface area contributed by atoms with Gasteiger partial charge in [-0.25, -0.2) is 4.85 Å². The molecule has 3 rings (SSSR count). The lowest BCUT2D eigenvalue weighted by atomic mass is 10.2. The van der Waals surface area contributed by atoms with E-state index in [2.05, 4.69) is 34.3 Å². The first-order chi connectivity index (χ1) is 9.20. The number of hydrogen-bond donors (Lipinski definition) is 0. The van der Waals surface area contributed by atoms with Crippen molar-refractivity contribution >= 4 is 27.9 Å². The largest absolute Gasteiger partial charge is 0.337 e. The van der Waals surface area contributed by atoms with Gasteiger partial charge >= 0.3 is 0 Å². The van der Waals surface area contributed by atoms with Crippen molar-refractivity contribution in [2.45, 2.75) is 19.9 Å². The normalized spacial score (nSPS) is 11.1. The van der Waals surface area contributed by atoms with Crippen LogP contribution < -0.4 is 0 Å². The van der Waals surface area contributed by atoms with E-state index in [9.17, 15) is 0 Å². The van der Waals surface area contributed by atoms with Crippen LogP contribution in [-0.4, -0.2) is 9.55 Å². The van der Waals surface area contributed by atoms with E-state index in [0.29, 0.717) is 11.7 Å². The van der Waals surface area contributed by atoms with E-state index in [1.54, 1.807) is 11.3 Å². The lowest BCUT2D eigenvalue weighted by Gasteiger charge is -2.13. The number of rotatable bonds is 2. The SMILES string of the molecule is [C-]#[N+]c1ccc2c(c1)cc(-c1cncs1)n2C(C)C. The van der Waals surface area contributed by atoms with Gasteiger partial charge in [-0.1, -0.05) is 6.07 Å². The zero-order valence-corrected chi connectivity index (χ0v) is 11.6. The quantitative estimate of drug-likeness (QED) is 0.605. The maximum absolute atomic E-state index is 7.11. The van der Waals surface area contributed by atoms with Crippen LogP contribution in [0, 0.1) is 6.57 Å². The molecule has 19 heavy (non-hydrogen) atoms. The Morgan fingerprint density at radius 2 is 2.16 bits per heavy atom. The van der Waals surface area contributed by atoms with Gasteiger partial charge in [-0.3, -0.25) is 4.98 Å². The Balaban J connectivity index is 2.33. The fraction of sp³-hybridized carbons (Fsp3) is 0.200. The van der Waals surface area contributed by atoms with Crippen molar-refractivity contribution in [2.24, 2.45) is 0 Å². The molecule has 0 N–H and O–H groups in total. The van der Waals surface area contributed by atoms with E-state index in [1.807, 2.05) is 29.9 Å². The Morgan fingerprint density at radius 3 is 2.79 bits per heavy atom. The third-order valence-electron chi connectivity index (χ3n) is 3.15. The highest BCUT2D eigenvalue weighted by Crippen LogP contribution is 2.34. The number of thiazole rings is 1. The molecule has 3 aromatic rings. The van der Waals surface area contributed by atoms with Crippen LogP contribution in [0.25, 0.3) is 26.3 Å². The maximum Gasteiger partial charge on any atom is 0.187 e. The van der Waals surface area contributed by atoms with Crippen molar-refractivity contribution < 1.29 is 0 Å². The van der Waals surface area contributed by atoms with E-state index >= 15 is 0 Å². The van der Waals surface area contributed by atoms with Gasteiger partial charge in [-0.15, -0.1) is 11.3 Å². The molecular weight excluding hydrogens is 254 g/mol. The van der Waals surface area contributed by atoms with E-state index < -0.39 is 0 Å². The summed E-state index contributed by atoms with van der Waals surface area (Å²) in [5.74, 6) is 0. The summed E-state index contributed by atoms with van der Waals surface area (Å²) >= 11 is 1.64. The van der Waals surface area contributed by atoms with Gasteiger partial charge in [-0.05, 0) is 37.4 Å². The monoisotopic (exact) mass is 267 g/mol. The van der Waals surface area contributed by atoms with Crippen LogP contribution in [0.4, 0.5) is 5.69 Å². The summed E-state index contributed by atoms with van der Waals surface area (Å²) in [6.07, 6.45) is 1.90. The first kappa shape index (κ1) is 11.9. The van der Waals surface area contributed by atoms with Crippen LogP contribution in [0.15, 0.2) is 36.0 Å². The zero-order chi connectivity index (χ0) is 13.4. The highest BCUT2D eigenvalue weighted by Gasteiger charge is 2.14. The molecule has 0 amide bonds. The lowest BCUT2D eigenvalue weighted by molar-refractivity contribution is 0.629. The van der Waals surface area contributed by atoms with Gasteiger partial charge in [-0.2, -0.15) is 0 Å². The predicted molar refractivity (Wildman–Crippen MR) is 79.7 cm³/mol. The summed E-state index contributed by atoms with van der Waals surface area (Å²) in [5, 5.41) is 1.12. The van der Waals surface area contributed by atoms with E-state index in [4.69, 9.17) is 6.57 Å². The molecule has 0 fully saturated rings. The average Bonchev–Trinajstić information content (AvgIpc) is 3.04. The maximum atomic E-state index is 7.11. The average molecular weight is 267 g/mol. The number of nitrogens with zero attached hydrogens (tertiary/aromatic N) is 3. The second kappa shape index (κ2) is 4.52. The molecule has 0 aliphatic carbocycles. The van der Waals surface area contributed by atoms with Crippen molar-refractivity contribution in [3.8, 4) is 10.6 Å². The Kier molecular flexibility index (Phi) is 2.84. The van der Waals surface area contributed by atoms with E-state index in [1.165, 1.54) is 11.2 Å². The molecule has 0 aliphatic heterocycles. The topological polar surface area (TPSA) is 22.2 Å². The van der Waals surface area contributed by atoms with Crippen molar-refractivity contribution in [2.75, 3.05) is 0 Å². The van der Waals surface area contributed by atoms with Crippen LogP contribution in [0.1, 0.15) is 19.9 Å². The van der Waals surface area contributed by atoms with Crippen molar-refractivity contribution in [1.82, 2.24) is 9.55 Å². The molecule has 0 bridgehead atoms. The minimum atomic E-state index is 0.369. The molecule has 0 saturated heterocycles. The molecule has 2 heterocycles. The number of aromatic nitrogens is 2. The molecule has 4 heteroatoms. The first-order valence-electron chi connectivity index (χ1n) is 6.12. The van der Waals surface area contributed by atoms with Crippen LogP contribution in [0.5, 0.6) is 0 Å². The van der Waals surface area contributed by atoms with Gasteiger partial charge in [0.2, 0.25) is 0 Å². The summed E-state index contributed by atoms with van der Waals surface area (Å²) in [6.45, 7) is 11.5. The Morgan fingerprint density at radius 1 is 1.32 bits per heavy atom. The second-order valence-electron chi connectivity index (χ2n) is 4.71. The van der Waals surface area contributed by atoms with E-state index in [-0.39, 0.29) is 0 Å². The molecule has 3 nitrogen and oxygen atoms in total. The van der Waals surface area contributed by atoms with Gasteiger partial charge in [0.05, 0.1) is 22.7 Å². The smallest absolute Gasteiger partial charge is 0.187 e. The molecule has 0 saturated carbocycles. The van der Waals surface area contributed by atoms with Crippen molar-refractivity contribution in [3.05, 3.63) is 47.4 Å². The highest BCUT2D eigenvalue weighted by atomic mass is 32.1. The zero-order valence-electron chi connectivity index (χ0n) is 10.8. The van der Waals surface area contributed by atoms with E-state index in [0.717, 1.165) is 10.3 Å². The van der Waals surface area contributed by atoms with Gasteiger partial charge in [0.1, 0.15) is 0 Å². The van der Waals surface area contributed by atoms with Gasteiger partial charge in [0.25, 0.3) is 0 Å². The molecule has 1 aromatic carbocycles. The van der Waals surface area contributed by atoms with Crippen LogP contribution in [0.2, 0.25) is 0 Å². The summed E-state index contributed by atoms with van der Waals surface area (Å²) in [4.78, 5) is 8.82. The number of hydrogen-bond acceptors (Lipinski definition) is 2. The molecule has 0 radical (unpaired) electrons. The molecule has 0 unspecified atom stereocenters. The van der Waals surface area contributed by atoms with Crippen LogP contribution in [0.3, 0.4) is 0 Å². The molecule has 0 atom stereocenters. The summed E-state index contributed by atoms with van der Waals surface area (Å²) in [5.41, 5.74) is 4.88. The molecular formula is C15H13N3S. The molecule has 0 spiro atoms. The minimum Gasteiger partial charge on any atom is -0.337 e. The lowest BCUT2D eigenvalue weighted by Crippen LogP contribution is -2.01. The molecule has 94 valence electrons. The summed E-state index contributed by atoms with van der Waals surface area (Å²) in [6, 6.07) is 8.38. The van der Waals surface area contributed by atoms with Crippen molar-refractivity contribution in [3.63, 3.8) is 0 Å². The predicted octanol–water partition coefficient (Wildman–Crippen LogP) is 4.90. The highest BCUT2D eigenvalue weighted by molar-refractivity contribution is 7.13. The van der Waals surface area contributed by atoms with Gasteiger partial charge < -0.3 is 4.57 Å². The molecule has 2 aromatic heterocycles. The van der Waals surface area contributed by atoms with Crippen molar-refractivity contribution in [1.29, 1.82) is 0 Å². The third-order valence-corrected chi connectivity index (χ3v) is 3.95. The standard InChI is InChI=1S/C15H13N3S/c1-10(2)18-13-5-4-12(16-3)6-11(13)7-14(18)15-8-17-9-19-15/h4-10H,1-2H3. The Bertz CT molecular complexity index is 761. The van der Waals surface area contributed by atoms with Gasteiger partial charge in [0.15, 0.2) is 5.69 Å². The van der Waals surface area contributed by atoms with Crippen LogP contribution in [-0.2, 0) is 0 Å². The Labute approximate surface area is 116 Å². The molecule has 0 aliphatic rings. The van der Waals surface area contributed by atoms with Gasteiger partial charge in [0, 0.05) is 17.8 Å². The summed E-state index contributed by atoms with van der Waals surface area (Å²) in [7, 11) is 0. The van der Waals surface area contributed by atoms with Crippen LogP contribution >= 0.6 is 11.3 Å². The third kappa shape index (κ3) is 1.92. The fourth-order valence-electron chi connectivity index (χ4n) is 2.38. The first-order valence-corrected chi connectivity index (χ1v) is 7.00. The Hall–Kier alpha value is -2.12. The second-order valence-corrected chi connectivity index (χ2v) is 5.60. The fourth-order valence-corrected chi connectivity index (χ4v) is 3.02. The summed E-state index contributed by atoms with van der Waals surface area (Å²) < 4.78 is 2.30. The number of benzene rings is 1. The number of fused-ring (bicyclic) bond motifs is 1.